The first kappa shape index (κ1) is 21.9. The van der Waals surface area contributed by atoms with E-state index in [0.29, 0.717) is 17.3 Å². The van der Waals surface area contributed by atoms with Crippen molar-refractivity contribution in [2.24, 2.45) is 0 Å². The number of thiophene rings is 1. The van der Waals surface area contributed by atoms with Crippen LogP contribution in [0.25, 0.3) is 0 Å². The first-order valence-corrected chi connectivity index (χ1v) is 12.4. The fraction of sp³-hybridized carbons (Fsp3) is 0.250. The van der Waals surface area contributed by atoms with Gasteiger partial charge in [-0.25, -0.2) is 4.79 Å². The SMILES string of the molecule is CCOC(=O)c1c(NC(=S)Nc2ccccc2Sc2ccccc2)sc2c1CCCC2. The molecule has 1 aromatic heterocycles. The second kappa shape index (κ2) is 10.3. The van der Waals surface area contributed by atoms with Crippen LogP contribution in [-0.2, 0) is 17.6 Å². The zero-order valence-corrected chi connectivity index (χ0v) is 19.7. The molecule has 160 valence electrons. The molecule has 0 spiro atoms. The highest BCUT2D eigenvalue weighted by atomic mass is 32.2. The number of carbonyl (C=O) groups is 1. The lowest BCUT2D eigenvalue weighted by molar-refractivity contribution is 0.0526. The number of carbonyl (C=O) groups excluding carboxylic acids is 1. The number of ether oxygens (including phenoxy) is 1. The molecule has 2 aromatic carbocycles. The predicted octanol–water partition coefficient (Wildman–Crippen LogP) is 6.76. The van der Waals surface area contributed by atoms with Crippen LogP contribution in [0, 0.1) is 0 Å². The predicted molar refractivity (Wildman–Crippen MR) is 134 cm³/mol. The number of aryl methyl sites for hydroxylation is 1. The fourth-order valence-electron chi connectivity index (χ4n) is 3.60. The largest absolute Gasteiger partial charge is 0.462 e. The molecule has 0 radical (unpaired) electrons. The normalized spacial score (nSPS) is 12.7. The minimum atomic E-state index is -0.271. The Balaban J connectivity index is 1.54. The molecule has 0 unspecified atom stereocenters. The van der Waals surface area contributed by atoms with Crippen LogP contribution in [0.3, 0.4) is 0 Å². The number of anilines is 2. The van der Waals surface area contributed by atoms with Crippen LogP contribution in [0.5, 0.6) is 0 Å². The molecular weight excluding hydrogens is 444 g/mol. The van der Waals surface area contributed by atoms with Gasteiger partial charge < -0.3 is 15.4 Å². The van der Waals surface area contributed by atoms with E-state index < -0.39 is 0 Å². The Morgan fingerprint density at radius 1 is 1.06 bits per heavy atom. The third-order valence-corrected chi connectivity index (χ3v) is 7.48. The van der Waals surface area contributed by atoms with Crippen LogP contribution in [0.2, 0.25) is 0 Å². The van der Waals surface area contributed by atoms with Gasteiger partial charge in [-0.1, -0.05) is 42.1 Å². The molecule has 1 heterocycles. The van der Waals surface area contributed by atoms with Crippen molar-refractivity contribution in [3.05, 3.63) is 70.6 Å². The minimum Gasteiger partial charge on any atom is -0.462 e. The van der Waals surface area contributed by atoms with Crippen molar-refractivity contribution in [1.82, 2.24) is 0 Å². The maximum absolute atomic E-state index is 12.7. The second-order valence-corrected chi connectivity index (χ2v) is 9.75. The fourth-order valence-corrected chi connectivity index (χ4v) is 6.09. The molecule has 0 atom stereocenters. The van der Waals surface area contributed by atoms with E-state index in [-0.39, 0.29) is 5.97 Å². The Hall–Kier alpha value is -2.35. The third-order valence-electron chi connectivity index (χ3n) is 4.98. The van der Waals surface area contributed by atoms with Gasteiger partial charge in [-0.2, -0.15) is 0 Å². The van der Waals surface area contributed by atoms with Crippen LogP contribution in [0.15, 0.2) is 64.4 Å². The maximum atomic E-state index is 12.7. The zero-order valence-electron chi connectivity index (χ0n) is 17.3. The summed E-state index contributed by atoms with van der Waals surface area (Å²) in [6.45, 7) is 2.19. The van der Waals surface area contributed by atoms with Gasteiger partial charge in [0.1, 0.15) is 5.00 Å². The molecule has 4 rings (SSSR count). The molecule has 0 bridgehead atoms. The van der Waals surface area contributed by atoms with Crippen molar-refractivity contribution in [2.45, 2.75) is 42.4 Å². The molecule has 1 aliphatic carbocycles. The van der Waals surface area contributed by atoms with Crippen LogP contribution in [0.1, 0.15) is 40.6 Å². The lowest BCUT2D eigenvalue weighted by atomic mass is 9.95. The molecule has 0 saturated heterocycles. The number of fused-ring (bicyclic) bond motifs is 1. The molecule has 2 N–H and O–H groups in total. The number of thiocarbonyl (C=S) groups is 1. The Labute approximate surface area is 196 Å². The van der Waals surface area contributed by atoms with Crippen LogP contribution in [0.4, 0.5) is 10.7 Å². The van der Waals surface area contributed by atoms with Crippen LogP contribution in [-0.4, -0.2) is 17.7 Å². The summed E-state index contributed by atoms with van der Waals surface area (Å²) >= 11 is 8.91. The van der Waals surface area contributed by atoms with Gasteiger partial charge in [0.25, 0.3) is 0 Å². The van der Waals surface area contributed by atoms with Crippen molar-refractivity contribution in [1.29, 1.82) is 0 Å². The number of rotatable bonds is 6. The number of para-hydroxylation sites is 1. The second-order valence-electron chi connectivity index (χ2n) is 7.13. The molecule has 0 amide bonds. The van der Waals surface area contributed by atoms with E-state index in [1.807, 2.05) is 43.3 Å². The van der Waals surface area contributed by atoms with Gasteiger partial charge in [0.15, 0.2) is 5.11 Å². The molecule has 0 saturated carbocycles. The summed E-state index contributed by atoms with van der Waals surface area (Å²) in [7, 11) is 0. The van der Waals surface area contributed by atoms with Crippen molar-refractivity contribution in [3.63, 3.8) is 0 Å². The number of hydrogen-bond acceptors (Lipinski definition) is 5. The van der Waals surface area contributed by atoms with Gasteiger partial charge in [0.05, 0.1) is 17.9 Å². The third kappa shape index (κ3) is 5.29. The summed E-state index contributed by atoms with van der Waals surface area (Å²) in [4.78, 5) is 16.2. The highest BCUT2D eigenvalue weighted by Gasteiger charge is 2.26. The monoisotopic (exact) mass is 468 g/mol. The van der Waals surface area contributed by atoms with Crippen LogP contribution < -0.4 is 10.6 Å². The van der Waals surface area contributed by atoms with E-state index in [2.05, 4.69) is 28.8 Å². The lowest BCUT2D eigenvalue weighted by Gasteiger charge is -2.14. The van der Waals surface area contributed by atoms with E-state index in [4.69, 9.17) is 17.0 Å². The zero-order chi connectivity index (χ0) is 21.6. The Kier molecular flexibility index (Phi) is 7.27. The van der Waals surface area contributed by atoms with Crippen molar-refractivity contribution < 1.29 is 9.53 Å². The van der Waals surface area contributed by atoms with E-state index in [1.54, 1.807) is 23.1 Å². The standard InChI is InChI=1S/C24H24N2O2S3/c1-2-28-23(27)21-17-12-6-8-14-19(17)31-22(21)26-24(29)25-18-13-7-9-15-20(18)30-16-10-4-3-5-11-16/h3-5,7,9-11,13,15H,2,6,8,12,14H2,1H3,(H2,25,26,29). The highest BCUT2D eigenvalue weighted by molar-refractivity contribution is 7.99. The van der Waals surface area contributed by atoms with Crippen molar-refractivity contribution in [2.75, 3.05) is 17.2 Å². The topological polar surface area (TPSA) is 50.4 Å². The van der Waals surface area contributed by atoms with E-state index in [1.165, 1.54) is 4.88 Å². The van der Waals surface area contributed by atoms with Gasteiger partial charge in [-0.05, 0) is 74.7 Å². The summed E-state index contributed by atoms with van der Waals surface area (Å²) in [5.41, 5.74) is 2.70. The minimum absolute atomic E-state index is 0.271. The summed E-state index contributed by atoms with van der Waals surface area (Å²) in [6, 6.07) is 18.3. The summed E-state index contributed by atoms with van der Waals surface area (Å²) in [5, 5.41) is 7.82. The smallest absolute Gasteiger partial charge is 0.341 e. The van der Waals surface area contributed by atoms with Gasteiger partial charge >= 0.3 is 5.97 Å². The lowest BCUT2D eigenvalue weighted by Crippen LogP contribution is -2.21. The molecule has 7 heteroatoms. The number of hydrogen-bond donors (Lipinski definition) is 2. The average molecular weight is 469 g/mol. The van der Waals surface area contributed by atoms with Gasteiger partial charge in [-0.15, -0.1) is 11.3 Å². The Morgan fingerprint density at radius 3 is 2.61 bits per heavy atom. The highest BCUT2D eigenvalue weighted by Crippen LogP contribution is 2.39. The summed E-state index contributed by atoms with van der Waals surface area (Å²) < 4.78 is 5.34. The van der Waals surface area contributed by atoms with Gasteiger partial charge in [0, 0.05) is 14.7 Å². The first-order chi connectivity index (χ1) is 15.2. The van der Waals surface area contributed by atoms with E-state index in [9.17, 15) is 4.79 Å². The number of esters is 1. The Morgan fingerprint density at radius 2 is 1.81 bits per heavy atom. The quantitative estimate of drug-likeness (QED) is 0.308. The van der Waals surface area contributed by atoms with Crippen molar-refractivity contribution in [3.8, 4) is 0 Å². The first-order valence-electron chi connectivity index (χ1n) is 10.4. The summed E-state index contributed by atoms with van der Waals surface area (Å²) in [5.74, 6) is -0.271. The maximum Gasteiger partial charge on any atom is 0.341 e. The molecule has 0 aliphatic heterocycles. The van der Waals surface area contributed by atoms with Gasteiger partial charge in [0.2, 0.25) is 0 Å². The molecule has 31 heavy (non-hydrogen) atoms. The Bertz CT molecular complexity index is 1080. The number of benzene rings is 2. The molecule has 4 nitrogen and oxygen atoms in total. The van der Waals surface area contributed by atoms with E-state index in [0.717, 1.165) is 51.7 Å². The molecule has 3 aromatic rings. The molecular formula is C24H24N2O2S3. The molecule has 1 aliphatic rings. The van der Waals surface area contributed by atoms with E-state index >= 15 is 0 Å². The number of nitrogens with one attached hydrogen (secondary N) is 2. The molecule has 0 fully saturated rings. The van der Waals surface area contributed by atoms with Gasteiger partial charge in [-0.3, -0.25) is 0 Å². The van der Waals surface area contributed by atoms with Crippen molar-refractivity contribution >= 4 is 57.1 Å². The summed E-state index contributed by atoms with van der Waals surface area (Å²) in [6.07, 6.45) is 4.17. The average Bonchev–Trinajstić information content (AvgIpc) is 3.13. The van der Waals surface area contributed by atoms with Crippen LogP contribution >= 0.6 is 35.3 Å².